The first-order valence-electron chi connectivity index (χ1n) is 5.97. The lowest BCUT2D eigenvalue weighted by atomic mass is 10.4. The van der Waals surface area contributed by atoms with E-state index >= 15 is 0 Å². The van der Waals surface area contributed by atoms with E-state index in [0.29, 0.717) is 12.5 Å². The lowest BCUT2D eigenvalue weighted by molar-refractivity contribution is 0.183. The van der Waals surface area contributed by atoms with Crippen LogP contribution < -0.4 is 5.32 Å². The number of hydrogen-bond acceptors (Lipinski definition) is 6. The molecule has 1 saturated carbocycles. The van der Waals surface area contributed by atoms with E-state index in [9.17, 15) is 0 Å². The minimum absolute atomic E-state index is 0.598. The summed E-state index contributed by atoms with van der Waals surface area (Å²) in [6, 6.07) is 0. The summed E-state index contributed by atoms with van der Waals surface area (Å²) in [5, 5.41) is 8.30. The molecule has 0 radical (unpaired) electrons. The van der Waals surface area contributed by atoms with E-state index in [2.05, 4.69) is 19.8 Å². The molecular weight excluding hydrogens is 250 g/mol. The molecule has 2 aromatic rings. The van der Waals surface area contributed by atoms with Gasteiger partial charge in [0.2, 0.25) is 5.13 Å². The fourth-order valence-electron chi connectivity index (χ4n) is 1.65. The van der Waals surface area contributed by atoms with Crippen LogP contribution >= 0.6 is 11.5 Å². The zero-order valence-corrected chi connectivity index (χ0v) is 11.0. The molecule has 96 valence electrons. The molecule has 1 fully saturated rings. The molecule has 0 aromatic carbocycles. The molecule has 3 rings (SSSR count). The molecule has 2 aromatic heterocycles. The molecule has 1 aliphatic rings. The zero-order chi connectivity index (χ0) is 12.4. The number of anilines is 2. The lowest BCUT2D eigenvalue weighted by Gasteiger charge is -1.98. The smallest absolute Gasteiger partial charge is 0.207 e. The first kappa shape index (κ1) is 11.6. The van der Waals surface area contributed by atoms with Crippen molar-refractivity contribution in [1.29, 1.82) is 0 Å². The van der Waals surface area contributed by atoms with Crippen molar-refractivity contribution in [2.24, 2.45) is 0 Å². The third kappa shape index (κ3) is 2.68. The van der Waals surface area contributed by atoms with Gasteiger partial charge in [-0.15, -0.1) is 0 Å². The largest absolute Gasteiger partial charge is 0.383 e. The van der Waals surface area contributed by atoms with Crippen molar-refractivity contribution < 1.29 is 4.74 Å². The molecule has 0 amide bonds. The average molecular weight is 265 g/mol. The summed E-state index contributed by atoms with van der Waals surface area (Å²) in [5.41, 5.74) is 0.935. The number of nitrogens with zero attached hydrogens (tertiary/aromatic N) is 4. The Bertz CT molecular complexity index is 519. The Kier molecular flexibility index (Phi) is 3.24. The highest BCUT2D eigenvalue weighted by Gasteiger charge is 2.27. The predicted octanol–water partition coefficient (Wildman–Crippen LogP) is 2.00. The first-order chi connectivity index (χ1) is 8.85. The van der Waals surface area contributed by atoms with Gasteiger partial charge in [0, 0.05) is 30.8 Å². The summed E-state index contributed by atoms with van der Waals surface area (Å²) in [7, 11) is 1.68. The molecule has 0 spiro atoms. The van der Waals surface area contributed by atoms with Gasteiger partial charge in [-0.2, -0.15) is 9.47 Å². The summed E-state index contributed by atoms with van der Waals surface area (Å²) in [6.45, 7) is 1.41. The van der Waals surface area contributed by atoms with Gasteiger partial charge in [-0.05, 0) is 12.8 Å². The third-order valence-corrected chi connectivity index (χ3v) is 3.44. The Morgan fingerprint density at radius 1 is 1.56 bits per heavy atom. The highest BCUT2D eigenvalue weighted by atomic mass is 32.1. The van der Waals surface area contributed by atoms with Crippen LogP contribution in [0.5, 0.6) is 0 Å². The van der Waals surface area contributed by atoms with Gasteiger partial charge in [-0.1, -0.05) is 0 Å². The van der Waals surface area contributed by atoms with Crippen molar-refractivity contribution in [1.82, 2.24) is 19.1 Å². The molecule has 0 unspecified atom stereocenters. The summed E-state index contributed by atoms with van der Waals surface area (Å²) in [6.07, 6.45) is 6.18. The van der Waals surface area contributed by atoms with Crippen LogP contribution in [0.2, 0.25) is 0 Å². The second kappa shape index (κ2) is 5.03. The SMILES string of the molecule is COCCn1cc(Nc2nc(C3CC3)ns2)cn1. The van der Waals surface area contributed by atoms with Gasteiger partial charge in [0.05, 0.1) is 25.0 Å². The first-order valence-corrected chi connectivity index (χ1v) is 6.74. The molecule has 6 nitrogen and oxygen atoms in total. The second-order valence-electron chi connectivity index (χ2n) is 4.34. The van der Waals surface area contributed by atoms with Gasteiger partial charge in [0.1, 0.15) is 5.82 Å². The Labute approximate surface area is 109 Å². The molecule has 1 aliphatic carbocycles. The van der Waals surface area contributed by atoms with Crippen molar-refractivity contribution in [3.05, 3.63) is 18.2 Å². The minimum Gasteiger partial charge on any atom is -0.383 e. The third-order valence-electron chi connectivity index (χ3n) is 2.79. The standard InChI is InChI=1S/C11H15N5OS/c1-17-5-4-16-7-9(6-12-16)13-11-14-10(15-18-11)8-2-3-8/h6-8H,2-5H2,1H3,(H,13,14,15). The van der Waals surface area contributed by atoms with Crippen LogP contribution in [0.3, 0.4) is 0 Å². The van der Waals surface area contributed by atoms with E-state index in [-0.39, 0.29) is 0 Å². The van der Waals surface area contributed by atoms with Gasteiger partial charge in [0.25, 0.3) is 0 Å². The zero-order valence-electron chi connectivity index (χ0n) is 10.2. The highest BCUT2D eigenvalue weighted by molar-refractivity contribution is 7.09. The maximum absolute atomic E-state index is 5.01. The van der Waals surface area contributed by atoms with Crippen LogP contribution in [0.15, 0.2) is 12.4 Å². The molecular formula is C11H15N5OS. The molecule has 0 aliphatic heterocycles. The van der Waals surface area contributed by atoms with Crippen molar-refractivity contribution >= 4 is 22.4 Å². The quantitative estimate of drug-likeness (QED) is 0.865. The van der Waals surface area contributed by atoms with Crippen LogP contribution in [0.25, 0.3) is 0 Å². The van der Waals surface area contributed by atoms with Crippen LogP contribution in [0, 0.1) is 0 Å². The number of nitrogens with one attached hydrogen (secondary N) is 1. The van der Waals surface area contributed by atoms with Gasteiger partial charge in [-0.3, -0.25) is 4.68 Å². The number of hydrogen-bond donors (Lipinski definition) is 1. The van der Waals surface area contributed by atoms with E-state index < -0.39 is 0 Å². The van der Waals surface area contributed by atoms with E-state index in [1.165, 1.54) is 24.4 Å². The second-order valence-corrected chi connectivity index (χ2v) is 5.09. The van der Waals surface area contributed by atoms with Gasteiger partial charge >= 0.3 is 0 Å². The van der Waals surface area contributed by atoms with Crippen LogP contribution in [0.1, 0.15) is 24.6 Å². The predicted molar refractivity (Wildman–Crippen MR) is 69.3 cm³/mol. The minimum atomic E-state index is 0.598. The molecule has 1 N–H and O–H groups in total. The number of aromatic nitrogens is 4. The molecule has 7 heteroatoms. The van der Waals surface area contributed by atoms with Crippen molar-refractivity contribution in [2.75, 3.05) is 19.0 Å². The molecule has 0 atom stereocenters. The normalized spacial score (nSPS) is 14.9. The van der Waals surface area contributed by atoms with E-state index in [4.69, 9.17) is 4.74 Å². The molecule has 0 bridgehead atoms. The Hall–Kier alpha value is -1.47. The maximum Gasteiger partial charge on any atom is 0.207 e. The van der Waals surface area contributed by atoms with E-state index in [1.807, 2.05) is 10.9 Å². The lowest BCUT2D eigenvalue weighted by Crippen LogP contribution is -2.03. The van der Waals surface area contributed by atoms with Gasteiger partial charge in [-0.25, -0.2) is 4.98 Å². The van der Waals surface area contributed by atoms with Crippen molar-refractivity contribution in [3.8, 4) is 0 Å². The topological polar surface area (TPSA) is 64.9 Å². The van der Waals surface area contributed by atoms with Crippen molar-refractivity contribution in [2.45, 2.75) is 25.3 Å². The number of methoxy groups -OCH3 is 1. The van der Waals surface area contributed by atoms with Crippen LogP contribution in [-0.4, -0.2) is 32.9 Å². The molecule has 0 saturated heterocycles. The maximum atomic E-state index is 5.01. The van der Waals surface area contributed by atoms with Crippen molar-refractivity contribution in [3.63, 3.8) is 0 Å². The highest BCUT2D eigenvalue weighted by Crippen LogP contribution is 2.39. The monoisotopic (exact) mass is 265 g/mol. The Morgan fingerprint density at radius 3 is 3.22 bits per heavy atom. The fourth-order valence-corrected chi connectivity index (χ4v) is 2.32. The van der Waals surface area contributed by atoms with Crippen LogP contribution in [0.4, 0.5) is 10.8 Å². The average Bonchev–Trinajstić information content (AvgIpc) is 2.96. The summed E-state index contributed by atoms with van der Waals surface area (Å²) in [5.74, 6) is 1.58. The fraction of sp³-hybridized carbons (Fsp3) is 0.545. The van der Waals surface area contributed by atoms with E-state index in [0.717, 1.165) is 23.2 Å². The summed E-state index contributed by atoms with van der Waals surface area (Å²) < 4.78 is 11.2. The summed E-state index contributed by atoms with van der Waals surface area (Å²) >= 11 is 1.41. The molecule has 2 heterocycles. The number of ether oxygens (including phenoxy) is 1. The molecule has 18 heavy (non-hydrogen) atoms. The van der Waals surface area contributed by atoms with E-state index in [1.54, 1.807) is 13.3 Å². The Balaban J connectivity index is 1.62. The van der Waals surface area contributed by atoms with Gasteiger partial charge in [0.15, 0.2) is 0 Å². The summed E-state index contributed by atoms with van der Waals surface area (Å²) in [4.78, 5) is 4.47. The number of rotatable bonds is 6. The van der Waals surface area contributed by atoms with Crippen LogP contribution in [-0.2, 0) is 11.3 Å². The Morgan fingerprint density at radius 2 is 2.44 bits per heavy atom. The van der Waals surface area contributed by atoms with Gasteiger partial charge < -0.3 is 10.1 Å².